The third-order valence-electron chi connectivity index (χ3n) is 4.44. The summed E-state index contributed by atoms with van der Waals surface area (Å²) >= 11 is 0. The molecule has 4 rings (SSSR count). The number of anilines is 1. The number of fused-ring (bicyclic) bond motifs is 2. The van der Waals surface area contributed by atoms with Crippen LogP contribution in [0.15, 0.2) is 48.7 Å². The molecular weight excluding hydrogens is 298 g/mol. The molecule has 1 aliphatic rings. The van der Waals surface area contributed by atoms with Gasteiger partial charge in [0.25, 0.3) is 0 Å². The van der Waals surface area contributed by atoms with Gasteiger partial charge in [-0.1, -0.05) is 18.2 Å². The van der Waals surface area contributed by atoms with Gasteiger partial charge in [0.2, 0.25) is 0 Å². The van der Waals surface area contributed by atoms with Crippen molar-refractivity contribution < 1.29 is 4.79 Å². The van der Waals surface area contributed by atoms with Crippen LogP contribution in [-0.4, -0.2) is 42.9 Å². The van der Waals surface area contributed by atoms with E-state index in [0.717, 1.165) is 51.9 Å². The number of benzene rings is 2. The SMILES string of the molecule is CN(C)CCNc1ccc2c(c1)-c1nccc3cccc(c13)C2=O. The van der Waals surface area contributed by atoms with E-state index in [-0.39, 0.29) is 5.78 Å². The molecule has 1 aromatic heterocycles. The number of pyridine rings is 1. The van der Waals surface area contributed by atoms with Crippen molar-refractivity contribution in [2.75, 3.05) is 32.5 Å². The van der Waals surface area contributed by atoms with Gasteiger partial charge < -0.3 is 10.2 Å². The number of carbonyl (C=O) groups excluding carboxylic acids is 1. The van der Waals surface area contributed by atoms with E-state index in [1.165, 1.54) is 0 Å². The lowest BCUT2D eigenvalue weighted by atomic mass is 9.85. The van der Waals surface area contributed by atoms with Crippen LogP contribution in [0.4, 0.5) is 5.69 Å². The zero-order valence-electron chi connectivity index (χ0n) is 13.8. The standard InChI is InChI=1S/C20H19N3O/c1-23(2)11-10-21-14-6-7-15-17(12-14)19-18-13(8-9-22-19)4-3-5-16(18)20(15)24/h3-9,12,21H,10-11H2,1-2H3. The highest BCUT2D eigenvalue weighted by atomic mass is 16.1. The normalized spacial score (nSPS) is 12.5. The molecule has 1 heterocycles. The van der Waals surface area contributed by atoms with Crippen LogP contribution in [0.1, 0.15) is 15.9 Å². The minimum Gasteiger partial charge on any atom is -0.384 e. The fourth-order valence-electron chi connectivity index (χ4n) is 3.24. The summed E-state index contributed by atoms with van der Waals surface area (Å²) in [6.45, 7) is 1.81. The fourth-order valence-corrected chi connectivity index (χ4v) is 3.24. The van der Waals surface area contributed by atoms with E-state index in [1.54, 1.807) is 0 Å². The lowest BCUT2D eigenvalue weighted by molar-refractivity contribution is 0.104. The van der Waals surface area contributed by atoms with Gasteiger partial charge in [-0.15, -0.1) is 0 Å². The van der Waals surface area contributed by atoms with E-state index in [1.807, 2.05) is 48.7 Å². The molecule has 120 valence electrons. The van der Waals surface area contributed by atoms with Crippen LogP contribution in [0.5, 0.6) is 0 Å². The van der Waals surface area contributed by atoms with E-state index in [9.17, 15) is 4.79 Å². The molecule has 0 saturated heterocycles. The van der Waals surface area contributed by atoms with E-state index in [2.05, 4.69) is 29.3 Å². The van der Waals surface area contributed by atoms with E-state index in [0.29, 0.717) is 0 Å². The Morgan fingerprint density at radius 1 is 1.04 bits per heavy atom. The predicted molar refractivity (Wildman–Crippen MR) is 97.7 cm³/mol. The summed E-state index contributed by atoms with van der Waals surface area (Å²) in [7, 11) is 4.10. The molecule has 3 aromatic rings. The number of hydrogen-bond acceptors (Lipinski definition) is 4. The molecule has 0 fully saturated rings. The third kappa shape index (κ3) is 2.36. The summed E-state index contributed by atoms with van der Waals surface area (Å²) < 4.78 is 0. The van der Waals surface area contributed by atoms with Crippen molar-refractivity contribution in [1.82, 2.24) is 9.88 Å². The van der Waals surface area contributed by atoms with E-state index in [4.69, 9.17) is 0 Å². The molecule has 0 saturated carbocycles. The first kappa shape index (κ1) is 14.8. The van der Waals surface area contributed by atoms with Gasteiger partial charge in [0, 0.05) is 47.1 Å². The van der Waals surface area contributed by atoms with Gasteiger partial charge in [-0.05, 0) is 43.7 Å². The quantitative estimate of drug-likeness (QED) is 0.626. The second-order valence-corrected chi connectivity index (χ2v) is 6.38. The zero-order chi connectivity index (χ0) is 16.7. The topological polar surface area (TPSA) is 45.2 Å². The average Bonchev–Trinajstić information content (AvgIpc) is 2.59. The molecule has 0 unspecified atom stereocenters. The molecule has 0 atom stereocenters. The molecule has 1 N–H and O–H groups in total. The maximum absolute atomic E-state index is 12.9. The Kier molecular flexibility index (Phi) is 3.54. The van der Waals surface area contributed by atoms with Crippen molar-refractivity contribution in [3.05, 3.63) is 59.8 Å². The summed E-state index contributed by atoms with van der Waals surface area (Å²) in [5.74, 6) is 0.0796. The second-order valence-electron chi connectivity index (χ2n) is 6.38. The first-order valence-corrected chi connectivity index (χ1v) is 8.10. The lowest BCUT2D eigenvalue weighted by Crippen LogP contribution is -2.21. The molecule has 0 aliphatic heterocycles. The molecule has 0 amide bonds. The van der Waals surface area contributed by atoms with Crippen LogP contribution in [0.25, 0.3) is 22.0 Å². The van der Waals surface area contributed by atoms with Crippen molar-refractivity contribution in [3.8, 4) is 11.3 Å². The Morgan fingerprint density at radius 2 is 1.92 bits per heavy atom. The number of nitrogens with zero attached hydrogens (tertiary/aromatic N) is 2. The monoisotopic (exact) mass is 317 g/mol. The van der Waals surface area contributed by atoms with Crippen LogP contribution in [-0.2, 0) is 0 Å². The van der Waals surface area contributed by atoms with Gasteiger partial charge in [0.1, 0.15) is 0 Å². The highest BCUT2D eigenvalue weighted by Gasteiger charge is 2.25. The van der Waals surface area contributed by atoms with Crippen LogP contribution in [0, 0.1) is 0 Å². The smallest absolute Gasteiger partial charge is 0.194 e. The average molecular weight is 317 g/mol. The van der Waals surface area contributed by atoms with Gasteiger partial charge in [0.15, 0.2) is 5.78 Å². The molecule has 0 spiro atoms. The Bertz CT molecular complexity index is 942. The van der Waals surface area contributed by atoms with Crippen molar-refractivity contribution >= 4 is 22.2 Å². The number of nitrogens with one attached hydrogen (secondary N) is 1. The van der Waals surface area contributed by atoms with Gasteiger partial charge in [-0.3, -0.25) is 9.78 Å². The largest absolute Gasteiger partial charge is 0.384 e. The van der Waals surface area contributed by atoms with Gasteiger partial charge in [0.05, 0.1) is 5.69 Å². The fraction of sp³-hybridized carbons (Fsp3) is 0.200. The minimum absolute atomic E-state index is 0.0796. The van der Waals surface area contributed by atoms with Crippen LogP contribution >= 0.6 is 0 Å². The van der Waals surface area contributed by atoms with Crippen molar-refractivity contribution in [2.45, 2.75) is 0 Å². The Hall–Kier alpha value is -2.72. The van der Waals surface area contributed by atoms with E-state index < -0.39 is 0 Å². The maximum atomic E-state index is 12.9. The van der Waals surface area contributed by atoms with Gasteiger partial charge in [-0.2, -0.15) is 0 Å². The maximum Gasteiger partial charge on any atom is 0.194 e. The predicted octanol–water partition coefficient (Wildman–Crippen LogP) is 3.42. The number of hydrogen-bond donors (Lipinski definition) is 1. The van der Waals surface area contributed by atoms with Crippen LogP contribution in [0.2, 0.25) is 0 Å². The van der Waals surface area contributed by atoms with Crippen LogP contribution < -0.4 is 5.32 Å². The second kappa shape index (κ2) is 5.73. The Morgan fingerprint density at radius 3 is 2.75 bits per heavy atom. The van der Waals surface area contributed by atoms with Crippen LogP contribution in [0.3, 0.4) is 0 Å². The molecule has 4 heteroatoms. The summed E-state index contributed by atoms with van der Waals surface area (Å²) in [6, 6.07) is 13.7. The number of carbonyl (C=O) groups is 1. The highest BCUT2D eigenvalue weighted by Crippen LogP contribution is 2.38. The van der Waals surface area contributed by atoms with Crippen molar-refractivity contribution in [3.63, 3.8) is 0 Å². The summed E-state index contributed by atoms with van der Waals surface area (Å²) in [5, 5.41) is 5.44. The molecule has 2 aromatic carbocycles. The summed E-state index contributed by atoms with van der Waals surface area (Å²) in [5.41, 5.74) is 4.30. The zero-order valence-corrected chi connectivity index (χ0v) is 13.8. The molecule has 0 bridgehead atoms. The molecule has 1 aliphatic carbocycles. The highest BCUT2D eigenvalue weighted by molar-refractivity contribution is 6.25. The number of aromatic nitrogens is 1. The molecule has 0 radical (unpaired) electrons. The molecule has 24 heavy (non-hydrogen) atoms. The Balaban J connectivity index is 1.82. The number of likely N-dealkylation sites (N-methyl/N-ethyl adjacent to an activating group) is 1. The number of rotatable bonds is 4. The summed E-state index contributed by atoms with van der Waals surface area (Å²) in [6.07, 6.45) is 1.81. The van der Waals surface area contributed by atoms with Gasteiger partial charge >= 0.3 is 0 Å². The van der Waals surface area contributed by atoms with Crippen molar-refractivity contribution in [2.24, 2.45) is 0 Å². The number of ketones is 1. The minimum atomic E-state index is 0.0796. The van der Waals surface area contributed by atoms with E-state index >= 15 is 0 Å². The van der Waals surface area contributed by atoms with Crippen molar-refractivity contribution in [1.29, 1.82) is 0 Å². The molecule has 4 nitrogen and oxygen atoms in total. The van der Waals surface area contributed by atoms with Gasteiger partial charge in [-0.25, -0.2) is 0 Å². The first-order chi connectivity index (χ1) is 11.6. The third-order valence-corrected chi connectivity index (χ3v) is 4.44. The first-order valence-electron chi connectivity index (χ1n) is 8.10. The lowest BCUT2D eigenvalue weighted by Gasteiger charge is -2.20. The summed E-state index contributed by atoms with van der Waals surface area (Å²) in [4.78, 5) is 19.6. The molecular formula is C20H19N3O. The Labute approximate surface area is 141 Å².